The third-order valence-electron chi connectivity index (χ3n) is 4.44. The number of hydrogen-bond donors (Lipinski definition) is 1. The van der Waals surface area contributed by atoms with Crippen molar-refractivity contribution >= 4 is 27.5 Å². The smallest absolute Gasteiger partial charge is 0.0465 e. The van der Waals surface area contributed by atoms with E-state index in [-0.39, 0.29) is 5.54 Å². The molecule has 1 N–H and O–H groups in total. The van der Waals surface area contributed by atoms with Crippen molar-refractivity contribution < 1.29 is 0 Å². The Balaban J connectivity index is 2.79. The van der Waals surface area contributed by atoms with E-state index in [1.807, 2.05) is 6.07 Å². The normalized spacial score (nSPS) is 13.7. The van der Waals surface area contributed by atoms with Crippen LogP contribution in [0.15, 0.2) is 22.7 Å². The molecule has 0 heterocycles. The topological polar surface area (TPSA) is 15.3 Å². The number of hydrogen-bond acceptors (Lipinski definition) is 2. The maximum Gasteiger partial charge on any atom is 0.0465 e. The molecule has 0 radical (unpaired) electrons. The lowest BCUT2D eigenvalue weighted by molar-refractivity contribution is 0.144. The Labute approximate surface area is 143 Å². The van der Waals surface area contributed by atoms with Gasteiger partial charge in [0.15, 0.2) is 0 Å². The van der Waals surface area contributed by atoms with E-state index in [0.717, 1.165) is 35.4 Å². The molecule has 0 fully saturated rings. The van der Waals surface area contributed by atoms with E-state index in [1.54, 1.807) is 0 Å². The summed E-state index contributed by atoms with van der Waals surface area (Å²) in [6.45, 7) is 11.0. The predicted octanol–water partition coefficient (Wildman–Crippen LogP) is 5.26. The minimum Gasteiger partial charge on any atom is -0.310 e. The van der Waals surface area contributed by atoms with Crippen LogP contribution in [0, 0.1) is 0 Å². The lowest BCUT2D eigenvalue weighted by atomic mass is 9.98. The zero-order valence-electron chi connectivity index (χ0n) is 13.8. The molecule has 4 heteroatoms. The van der Waals surface area contributed by atoms with Crippen molar-refractivity contribution in [2.24, 2.45) is 0 Å². The van der Waals surface area contributed by atoms with Crippen molar-refractivity contribution in [1.29, 1.82) is 0 Å². The Morgan fingerprint density at radius 3 is 2.52 bits per heavy atom. The predicted molar refractivity (Wildman–Crippen MR) is 97.2 cm³/mol. The van der Waals surface area contributed by atoms with Gasteiger partial charge in [-0.15, -0.1) is 0 Å². The summed E-state index contributed by atoms with van der Waals surface area (Å²) in [5.41, 5.74) is 1.42. The van der Waals surface area contributed by atoms with Crippen LogP contribution in [0.3, 0.4) is 0 Å². The summed E-state index contributed by atoms with van der Waals surface area (Å²) in [6.07, 6.45) is 2.20. The van der Waals surface area contributed by atoms with Gasteiger partial charge in [-0.05, 0) is 58.0 Å². The highest BCUT2D eigenvalue weighted by Gasteiger charge is 2.22. The first-order valence-electron chi connectivity index (χ1n) is 7.71. The fourth-order valence-electron chi connectivity index (χ4n) is 2.29. The van der Waals surface area contributed by atoms with Gasteiger partial charge in [0.1, 0.15) is 0 Å². The number of nitrogens with zero attached hydrogens (tertiary/aromatic N) is 1. The van der Waals surface area contributed by atoms with Crippen LogP contribution in [0.1, 0.15) is 52.1 Å². The molecular formula is C17H28BrClN2. The van der Waals surface area contributed by atoms with Gasteiger partial charge in [-0.1, -0.05) is 47.4 Å². The van der Waals surface area contributed by atoms with Gasteiger partial charge in [0.25, 0.3) is 0 Å². The van der Waals surface area contributed by atoms with Crippen molar-refractivity contribution in [2.45, 2.75) is 52.1 Å². The number of halogens is 2. The quantitative estimate of drug-likeness (QED) is 0.666. The Bertz CT molecular complexity index is 448. The summed E-state index contributed by atoms with van der Waals surface area (Å²) in [4.78, 5) is 2.43. The highest BCUT2D eigenvalue weighted by atomic mass is 79.9. The van der Waals surface area contributed by atoms with E-state index >= 15 is 0 Å². The highest BCUT2D eigenvalue weighted by molar-refractivity contribution is 9.10. The molecule has 1 aromatic carbocycles. The molecule has 0 spiro atoms. The van der Waals surface area contributed by atoms with Crippen LogP contribution in [0.2, 0.25) is 5.02 Å². The first kappa shape index (κ1) is 19.0. The van der Waals surface area contributed by atoms with Crippen LogP contribution in [0.4, 0.5) is 0 Å². The van der Waals surface area contributed by atoms with E-state index in [0.29, 0.717) is 6.04 Å². The standard InChI is InChI=1S/C17H28BrClN2/c1-6-17(3,4)21(5)11-10-16(20-7-2)14-9-8-13(18)12-15(14)19/h8-9,12,16,20H,6-7,10-11H2,1-5H3. The average molecular weight is 376 g/mol. The fraction of sp³-hybridized carbons (Fsp3) is 0.647. The van der Waals surface area contributed by atoms with Crippen molar-refractivity contribution in [1.82, 2.24) is 10.2 Å². The minimum atomic E-state index is 0.236. The summed E-state index contributed by atoms with van der Waals surface area (Å²) >= 11 is 9.88. The average Bonchev–Trinajstić information content (AvgIpc) is 2.43. The second-order valence-electron chi connectivity index (χ2n) is 6.15. The third-order valence-corrected chi connectivity index (χ3v) is 5.26. The molecule has 0 saturated heterocycles. The van der Waals surface area contributed by atoms with Crippen molar-refractivity contribution in [3.8, 4) is 0 Å². The number of benzene rings is 1. The summed E-state index contributed by atoms with van der Waals surface area (Å²) in [5, 5.41) is 4.38. The number of rotatable bonds is 8. The molecule has 0 aliphatic heterocycles. The molecule has 1 unspecified atom stereocenters. The molecular weight excluding hydrogens is 348 g/mol. The molecule has 0 aromatic heterocycles. The molecule has 0 amide bonds. The van der Waals surface area contributed by atoms with Gasteiger partial charge in [0, 0.05) is 27.6 Å². The van der Waals surface area contributed by atoms with Crippen molar-refractivity contribution in [3.05, 3.63) is 33.3 Å². The Morgan fingerprint density at radius 2 is 2.00 bits per heavy atom. The Morgan fingerprint density at radius 1 is 1.33 bits per heavy atom. The molecule has 1 atom stereocenters. The largest absolute Gasteiger partial charge is 0.310 e. The van der Waals surface area contributed by atoms with E-state index in [4.69, 9.17) is 11.6 Å². The molecule has 0 bridgehead atoms. The molecule has 2 nitrogen and oxygen atoms in total. The van der Waals surface area contributed by atoms with E-state index in [2.05, 4.69) is 73.0 Å². The van der Waals surface area contributed by atoms with Gasteiger partial charge >= 0.3 is 0 Å². The van der Waals surface area contributed by atoms with Crippen molar-refractivity contribution in [2.75, 3.05) is 20.1 Å². The SMILES string of the molecule is CCNC(CCN(C)C(C)(C)CC)c1ccc(Br)cc1Cl. The summed E-state index contributed by atoms with van der Waals surface area (Å²) in [7, 11) is 2.20. The second-order valence-corrected chi connectivity index (χ2v) is 7.48. The van der Waals surface area contributed by atoms with E-state index in [1.165, 1.54) is 5.56 Å². The van der Waals surface area contributed by atoms with Crippen LogP contribution >= 0.6 is 27.5 Å². The molecule has 120 valence electrons. The Kier molecular flexibility index (Phi) is 7.69. The van der Waals surface area contributed by atoms with Gasteiger partial charge < -0.3 is 10.2 Å². The fourth-order valence-corrected chi connectivity index (χ4v) is 3.10. The molecule has 1 aromatic rings. The van der Waals surface area contributed by atoms with Gasteiger partial charge in [-0.25, -0.2) is 0 Å². The minimum absolute atomic E-state index is 0.236. The van der Waals surface area contributed by atoms with Gasteiger partial charge in [-0.2, -0.15) is 0 Å². The molecule has 1 rings (SSSR count). The lowest BCUT2D eigenvalue weighted by Gasteiger charge is -2.36. The number of nitrogens with one attached hydrogen (secondary N) is 1. The van der Waals surface area contributed by atoms with Gasteiger partial charge in [-0.3, -0.25) is 0 Å². The first-order chi connectivity index (χ1) is 9.81. The first-order valence-corrected chi connectivity index (χ1v) is 8.88. The molecule has 0 aliphatic carbocycles. The Hall–Kier alpha value is -0.0900. The van der Waals surface area contributed by atoms with E-state index < -0.39 is 0 Å². The zero-order chi connectivity index (χ0) is 16.0. The second kappa shape index (κ2) is 8.52. The zero-order valence-corrected chi connectivity index (χ0v) is 16.2. The molecule has 0 saturated carbocycles. The third kappa shape index (κ3) is 5.55. The van der Waals surface area contributed by atoms with Crippen LogP contribution < -0.4 is 5.32 Å². The van der Waals surface area contributed by atoms with Crippen LogP contribution in [-0.2, 0) is 0 Å². The molecule has 0 aliphatic rings. The van der Waals surface area contributed by atoms with E-state index in [9.17, 15) is 0 Å². The monoisotopic (exact) mass is 374 g/mol. The van der Waals surface area contributed by atoms with Crippen molar-refractivity contribution in [3.63, 3.8) is 0 Å². The van der Waals surface area contributed by atoms with Crippen LogP contribution in [0.25, 0.3) is 0 Å². The maximum absolute atomic E-state index is 6.41. The summed E-state index contributed by atoms with van der Waals surface area (Å²) in [6, 6.07) is 6.45. The summed E-state index contributed by atoms with van der Waals surface area (Å²) in [5.74, 6) is 0. The van der Waals surface area contributed by atoms with Gasteiger partial charge in [0.2, 0.25) is 0 Å². The molecule has 21 heavy (non-hydrogen) atoms. The maximum atomic E-state index is 6.41. The van der Waals surface area contributed by atoms with Crippen LogP contribution in [0.5, 0.6) is 0 Å². The van der Waals surface area contributed by atoms with Gasteiger partial charge in [0.05, 0.1) is 0 Å². The highest BCUT2D eigenvalue weighted by Crippen LogP contribution is 2.29. The lowest BCUT2D eigenvalue weighted by Crippen LogP contribution is -2.42. The summed E-state index contributed by atoms with van der Waals surface area (Å²) < 4.78 is 1.02. The van der Waals surface area contributed by atoms with Crippen LogP contribution in [-0.4, -0.2) is 30.6 Å².